The summed E-state index contributed by atoms with van der Waals surface area (Å²) in [6.07, 6.45) is 5.21. The van der Waals surface area contributed by atoms with E-state index in [0.717, 1.165) is 0 Å². The van der Waals surface area contributed by atoms with Gasteiger partial charge in [0.25, 0.3) is 17.8 Å². The van der Waals surface area contributed by atoms with Gasteiger partial charge in [-0.2, -0.15) is 29.9 Å². The van der Waals surface area contributed by atoms with Crippen LogP contribution in [-0.2, 0) is 0 Å². The Morgan fingerprint density at radius 3 is 1.15 bits per heavy atom. The van der Waals surface area contributed by atoms with E-state index < -0.39 is 0 Å². The summed E-state index contributed by atoms with van der Waals surface area (Å²) in [6.45, 7) is 18.2. The van der Waals surface area contributed by atoms with Gasteiger partial charge in [0.15, 0.2) is 0 Å². The fraction of sp³-hybridized carbons (Fsp3) is 0.333. The maximum atomic E-state index is 4.34. The van der Waals surface area contributed by atoms with Gasteiger partial charge in [-0.25, -0.2) is 0 Å². The molecule has 1 aromatic rings. The zero-order valence-corrected chi connectivity index (χ0v) is 16.2. The first-order valence-electron chi connectivity index (χ1n) is 8.44. The number of hydrogen-bond acceptors (Lipinski definition) is 6. The van der Waals surface area contributed by atoms with Crippen LogP contribution in [0.2, 0.25) is 0 Å². The van der Waals surface area contributed by atoms with Crippen LogP contribution in [0.4, 0.5) is 17.8 Å². The van der Waals surface area contributed by atoms with Crippen LogP contribution >= 0.6 is 0 Å². The maximum Gasteiger partial charge on any atom is 0.257 e. The highest BCUT2D eigenvalue weighted by Gasteiger charge is 2.06. The predicted molar refractivity (Wildman–Crippen MR) is 113 cm³/mol. The first-order chi connectivity index (χ1) is 13.0. The van der Waals surface area contributed by atoms with Gasteiger partial charge in [0.05, 0.1) is 0 Å². The lowest BCUT2D eigenvalue weighted by atomic mass is 10.5. The zero-order valence-electron chi connectivity index (χ0n) is 16.2. The standard InChI is InChI=1S/C18H27N9/c1-7-10-19-13(4)22-16-25-17(23-14(5)20-11-8-2)27-18(26-16)24-15(6)21-12-9-3/h7-9H,1-3,10-12H2,4-6H3,(H3,19,20,21,22,23,24,25,26,27). The minimum atomic E-state index is 0.213. The molecule has 144 valence electrons. The van der Waals surface area contributed by atoms with Crippen LogP contribution < -0.4 is 16.0 Å². The number of amidine groups is 3. The van der Waals surface area contributed by atoms with Crippen molar-refractivity contribution < 1.29 is 0 Å². The summed E-state index contributed by atoms with van der Waals surface area (Å²) in [5, 5.41) is 9.21. The third-order valence-corrected chi connectivity index (χ3v) is 2.91. The Balaban J connectivity index is 3.22. The van der Waals surface area contributed by atoms with E-state index in [1.165, 1.54) is 0 Å². The third kappa shape index (κ3) is 9.05. The molecule has 0 saturated carbocycles. The van der Waals surface area contributed by atoms with Gasteiger partial charge in [-0.15, -0.1) is 19.7 Å². The van der Waals surface area contributed by atoms with Gasteiger partial charge < -0.3 is 16.0 Å². The van der Waals surface area contributed by atoms with Gasteiger partial charge in [0, 0.05) is 19.6 Å². The van der Waals surface area contributed by atoms with Crippen LogP contribution in [0.15, 0.2) is 52.9 Å². The first kappa shape index (κ1) is 21.7. The highest BCUT2D eigenvalue weighted by molar-refractivity contribution is 5.83. The van der Waals surface area contributed by atoms with Gasteiger partial charge in [0.2, 0.25) is 0 Å². The second-order valence-electron chi connectivity index (χ2n) is 5.34. The van der Waals surface area contributed by atoms with Crippen LogP contribution in [0.5, 0.6) is 0 Å². The smallest absolute Gasteiger partial charge is 0.257 e. The van der Waals surface area contributed by atoms with Crippen molar-refractivity contribution in [2.75, 3.05) is 19.6 Å². The number of rotatable bonds is 9. The lowest BCUT2D eigenvalue weighted by molar-refractivity contribution is 0.970. The van der Waals surface area contributed by atoms with Gasteiger partial charge in [-0.1, -0.05) is 18.2 Å². The zero-order chi connectivity index (χ0) is 20.1. The van der Waals surface area contributed by atoms with E-state index in [9.17, 15) is 0 Å². The molecule has 0 amide bonds. The van der Waals surface area contributed by atoms with Crippen molar-refractivity contribution in [3.63, 3.8) is 0 Å². The molecule has 0 radical (unpaired) electrons. The van der Waals surface area contributed by atoms with E-state index in [1.54, 1.807) is 18.2 Å². The van der Waals surface area contributed by atoms with E-state index >= 15 is 0 Å². The fourth-order valence-corrected chi connectivity index (χ4v) is 1.72. The number of nitrogens with one attached hydrogen (secondary N) is 3. The summed E-state index contributed by atoms with van der Waals surface area (Å²) in [7, 11) is 0. The molecule has 0 aromatic carbocycles. The van der Waals surface area contributed by atoms with E-state index in [2.05, 4.69) is 65.6 Å². The van der Waals surface area contributed by atoms with E-state index in [0.29, 0.717) is 37.1 Å². The van der Waals surface area contributed by atoms with E-state index in [4.69, 9.17) is 0 Å². The van der Waals surface area contributed by atoms with Crippen molar-refractivity contribution in [2.45, 2.75) is 20.8 Å². The molecule has 1 heterocycles. The number of nitrogens with zero attached hydrogens (tertiary/aromatic N) is 6. The van der Waals surface area contributed by atoms with E-state index in [1.807, 2.05) is 20.8 Å². The van der Waals surface area contributed by atoms with Crippen molar-refractivity contribution in [1.82, 2.24) is 30.9 Å². The number of hydrogen-bond donors (Lipinski definition) is 3. The molecule has 0 saturated heterocycles. The number of aliphatic imine (C=N–C) groups is 3. The van der Waals surface area contributed by atoms with Crippen molar-refractivity contribution >= 4 is 35.4 Å². The van der Waals surface area contributed by atoms with Crippen LogP contribution in [0.25, 0.3) is 0 Å². The molecule has 0 aliphatic rings. The van der Waals surface area contributed by atoms with Gasteiger partial charge in [0.1, 0.15) is 17.5 Å². The molecule has 3 N–H and O–H groups in total. The molecule has 0 fully saturated rings. The molecule has 0 aliphatic heterocycles. The van der Waals surface area contributed by atoms with E-state index in [-0.39, 0.29) is 17.8 Å². The summed E-state index contributed by atoms with van der Waals surface area (Å²) >= 11 is 0. The largest absolute Gasteiger partial charge is 0.370 e. The summed E-state index contributed by atoms with van der Waals surface area (Å²) < 4.78 is 0. The number of aromatic nitrogens is 3. The van der Waals surface area contributed by atoms with Gasteiger partial charge >= 0.3 is 0 Å². The summed E-state index contributed by atoms with van der Waals surface area (Å²) in [5.74, 6) is 2.58. The van der Waals surface area contributed by atoms with Gasteiger partial charge in [-0.3, -0.25) is 0 Å². The van der Waals surface area contributed by atoms with Crippen molar-refractivity contribution in [1.29, 1.82) is 0 Å². The monoisotopic (exact) mass is 369 g/mol. The Bertz CT molecular complexity index is 635. The SMILES string of the molecule is C=CCNC(C)=Nc1nc(N=C(C)NCC=C)nc(N=C(C)NCC=C)n1. The molecule has 1 aromatic heterocycles. The minimum absolute atomic E-state index is 0.213. The summed E-state index contributed by atoms with van der Waals surface area (Å²) in [5.41, 5.74) is 0. The van der Waals surface area contributed by atoms with Crippen LogP contribution in [0.1, 0.15) is 20.8 Å². The van der Waals surface area contributed by atoms with Crippen molar-refractivity contribution in [2.24, 2.45) is 15.0 Å². The van der Waals surface area contributed by atoms with Crippen LogP contribution in [-0.4, -0.2) is 52.1 Å². The molecule has 0 aliphatic carbocycles. The van der Waals surface area contributed by atoms with Crippen LogP contribution in [0, 0.1) is 0 Å². The topological polar surface area (TPSA) is 112 Å². The molecule has 0 atom stereocenters. The molecule has 1 rings (SSSR count). The Morgan fingerprint density at radius 2 is 0.926 bits per heavy atom. The quantitative estimate of drug-likeness (QED) is 0.350. The average molecular weight is 369 g/mol. The lowest BCUT2D eigenvalue weighted by Crippen LogP contribution is -2.20. The fourth-order valence-electron chi connectivity index (χ4n) is 1.72. The van der Waals surface area contributed by atoms with Crippen molar-refractivity contribution in [3.05, 3.63) is 38.0 Å². The molecular weight excluding hydrogens is 342 g/mol. The molecular formula is C18H27N9. The van der Waals surface area contributed by atoms with Crippen LogP contribution in [0.3, 0.4) is 0 Å². The Morgan fingerprint density at radius 1 is 0.667 bits per heavy atom. The highest BCUT2D eigenvalue weighted by Crippen LogP contribution is 2.16. The molecule has 9 heteroatoms. The Labute approximate surface area is 160 Å². The highest BCUT2D eigenvalue weighted by atomic mass is 15.2. The van der Waals surface area contributed by atoms with Crippen molar-refractivity contribution in [3.8, 4) is 0 Å². The Kier molecular flexibility index (Phi) is 9.69. The molecule has 0 bridgehead atoms. The Hall–Kier alpha value is -3.36. The summed E-state index contributed by atoms with van der Waals surface area (Å²) in [6, 6.07) is 0. The molecule has 27 heavy (non-hydrogen) atoms. The summed E-state index contributed by atoms with van der Waals surface area (Å²) in [4.78, 5) is 25.8. The average Bonchev–Trinajstić information content (AvgIpc) is 2.62. The first-order valence-corrected chi connectivity index (χ1v) is 8.44. The predicted octanol–water partition coefficient (Wildman–Crippen LogP) is 2.35. The van der Waals surface area contributed by atoms with Gasteiger partial charge in [-0.05, 0) is 20.8 Å². The second-order valence-corrected chi connectivity index (χ2v) is 5.34. The minimum Gasteiger partial charge on any atom is -0.370 e. The molecule has 0 unspecified atom stereocenters. The molecule has 0 spiro atoms. The lowest BCUT2D eigenvalue weighted by Gasteiger charge is -2.05. The second kappa shape index (κ2) is 12.1. The normalized spacial score (nSPS) is 12.3. The maximum absolute atomic E-state index is 4.34. The third-order valence-electron chi connectivity index (χ3n) is 2.91. The molecule has 9 nitrogen and oxygen atoms in total.